The summed E-state index contributed by atoms with van der Waals surface area (Å²) in [6, 6.07) is 0. The Bertz CT molecular complexity index is 163. The van der Waals surface area contributed by atoms with Crippen LogP contribution in [-0.4, -0.2) is 23.8 Å². The third kappa shape index (κ3) is 2.50. The monoisotopic (exact) mass is 168 g/mol. The van der Waals surface area contributed by atoms with Gasteiger partial charge in [0, 0.05) is 13.1 Å². The molecule has 70 valence electrons. The van der Waals surface area contributed by atoms with Crippen molar-refractivity contribution in [2.24, 2.45) is 11.8 Å². The Kier molecular flexibility index (Phi) is 3.12. The highest BCUT2D eigenvalue weighted by Crippen LogP contribution is 2.22. The van der Waals surface area contributed by atoms with Crippen molar-refractivity contribution in [3.63, 3.8) is 0 Å². The van der Waals surface area contributed by atoms with Gasteiger partial charge < -0.3 is 4.90 Å². The van der Waals surface area contributed by atoms with Crippen molar-refractivity contribution in [1.82, 2.24) is 4.90 Å². The molecule has 0 radical (unpaired) electrons. The summed E-state index contributed by atoms with van der Waals surface area (Å²) in [5.74, 6) is 2.38. The van der Waals surface area contributed by atoms with Crippen molar-refractivity contribution >= 4 is 5.84 Å². The normalized spacial score (nSPS) is 23.7. The Morgan fingerprint density at radius 1 is 1.58 bits per heavy atom. The molecule has 1 atom stereocenters. The van der Waals surface area contributed by atoms with Gasteiger partial charge in [-0.3, -0.25) is 5.41 Å². The van der Waals surface area contributed by atoms with Crippen molar-refractivity contribution in [3.05, 3.63) is 0 Å². The molecular formula is C10H20N2. The van der Waals surface area contributed by atoms with Crippen LogP contribution in [0.1, 0.15) is 33.6 Å². The number of hydrogen-bond donors (Lipinski definition) is 1. The second-order valence-electron chi connectivity index (χ2n) is 4.32. The van der Waals surface area contributed by atoms with Gasteiger partial charge in [0.25, 0.3) is 0 Å². The molecule has 0 amide bonds. The highest BCUT2D eigenvalue weighted by atomic mass is 15.2. The molecule has 1 saturated heterocycles. The van der Waals surface area contributed by atoms with Gasteiger partial charge in [-0.05, 0) is 31.6 Å². The largest absolute Gasteiger partial charge is 0.361 e. The second-order valence-corrected chi connectivity index (χ2v) is 4.32. The van der Waals surface area contributed by atoms with Gasteiger partial charge in [-0.1, -0.05) is 13.8 Å². The van der Waals surface area contributed by atoms with E-state index < -0.39 is 0 Å². The van der Waals surface area contributed by atoms with Crippen molar-refractivity contribution in [3.8, 4) is 0 Å². The first kappa shape index (κ1) is 9.56. The van der Waals surface area contributed by atoms with Gasteiger partial charge in [-0.15, -0.1) is 0 Å². The number of nitrogens with zero attached hydrogens (tertiary/aromatic N) is 1. The van der Waals surface area contributed by atoms with Crippen LogP contribution in [0.3, 0.4) is 0 Å². The van der Waals surface area contributed by atoms with Crippen LogP contribution in [0.25, 0.3) is 0 Å². The van der Waals surface area contributed by atoms with E-state index in [-0.39, 0.29) is 0 Å². The molecule has 0 aromatic heterocycles. The van der Waals surface area contributed by atoms with E-state index in [2.05, 4.69) is 18.7 Å². The first-order chi connectivity index (χ1) is 5.59. The van der Waals surface area contributed by atoms with E-state index in [1.54, 1.807) is 0 Å². The number of likely N-dealkylation sites (tertiary alicyclic amines) is 1. The molecule has 1 fully saturated rings. The first-order valence-electron chi connectivity index (χ1n) is 4.89. The minimum Gasteiger partial charge on any atom is -0.361 e. The molecule has 2 nitrogen and oxygen atoms in total. The third-order valence-corrected chi connectivity index (χ3v) is 2.56. The van der Waals surface area contributed by atoms with Crippen molar-refractivity contribution in [2.45, 2.75) is 33.6 Å². The van der Waals surface area contributed by atoms with Crippen molar-refractivity contribution in [2.75, 3.05) is 13.1 Å². The molecule has 0 aromatic rings. The van der Waals surface area contributed by atoms with Gasteiger partial charge in [-0.25, -0.2) is 0 Å². The average molecular weight is 168 g/mol. The van der Waals surface area contributed by atoms with Crippen molar-refractivity contribution in [1.29, 1.82) is 5.41 Å². The van der Waals surface area contributed by atoms with E-state index >= 15 is 0 Å². The maximum atomic E-state index is 7.49. The van der Waals surface area contributed by atoms with Crippen LogP contribution in [0.15, 0.2) is 0 Å². The zero-order valence-corrected chi connectivity index (χ0v) is 8.43. The van der Waals surface area contributed by atoms with E-state index in [0.29, 0.717) is 0 Å². The van der Waals surface area contributed by atoms with Gasteiger partial charge in [-0.2, -0.15) is 0 Å². The van der Waals surface area contributed by atoms with Gasteiger partial charge in [0.05, 0.1) is 5.84 Å². The molecule has 1 N–H and O–H groups in total. The topological polar surface area (TPSA) is 27.1 Å². The summed E-state index contributed by atoms with van der Waals surface area (Å²) in [6.07, 6.45) is 2.61. The standard InChI is InChI=1S/C10H20N2/c1-8(2)6-10-4-5-12(7-10)9(3)11/h8,10-11H,4-7H2,1-3H3. The van der Waals surface area contributed by atoms with Crippen LogP contribution >= 0.6 is 0 Å². The highest BCUT2D eigenvalue weighted by Gasteiger charge is 2.22. The highest BCUT2D eigenvalue weighted by molar-refractivity contribution is 5.76. The molecule has 0 aliphatic carbocycles. The van der Waals surface area contributed by atoms with Gasteiger partial charge in [0.2, 0.25) is 0 Å². The van der Waals surface area contributed by atoms with Gasteiger partial charge >= 0.3 is 0 Å². The average Bonchev–Trinajstić information content (AvgIpc) is 2.34. The predicted octanol–water partition coefficient (Wildman–Crippen LogP) is 2.35. The fourth-order valence-electron chi connectivity index (χ4n) is 2.00. The summed E-state index contributed by atoms with van der Waals surface area (Å²) >= 11 is 0. The molecule has 0 bridgehead atoms. The zero-order valence-electron chi connectivity index (χ0n) is 8.43. The predicted molar refractivity (Wildman–Crippen MR) is 52.5 cm³/mol. The van der Waals surface area contributed by atoms with Crippen LogP contribution < -0.4 is 0 Å². The molecule has 12 heavy (non-hydrogen) atoms. The van der Waals surface area contributed by atoms with E-state index in [0.717, 1.165) is 30.8 Å². The van der Waals surface area contributed by atoms with E-state index in [1.807, 2.05) is 6.92 Å². The van der Waals surface area contributed by atoms with E-state index in [9.17, 15) is 0 Å². The smallest absolute Gasteiger partial charge is 0.0925 e. The van der Waals surface area contributed by atoms with E-state index in [4.69, 9.17) is 5.41 Å². The Labute approximate surface area is 75.5 Å². The first-order valence-corrected chi connectivity index (χ1v) is 4.89. The van der Waals surface area contributed by atoms with Crippen molar-refractivity contribution < 1.29 is 0 Å². The Morgan fingerprint density at radius 3 is 2.67 bits per heavy atom. The summed E-state index contributed by atoms with van der Waals surface area (Å²) in [4.78, 5) is 2.19. The summed E-state index contributed by atoms with van der Waals surface area (Å²) in [5.41, 5.74) is 0. The summed E-state index contributed by atoms with van der Waals surface area (Å²) in [7, 11) is 0. The van der Waals surface area contributed by atoms with Crippen LogP contribution in [0.2, 0.25) is 0 Å². The lowest BCUT2D eigenvalue weighted by Gasteiger charge is -2.17. The molecule has 1 rings (SSSR count). The molecule has 0 saturated carbocycles. The lowest BCUT2D eigenvalue weighted by atomic mass is 9.97. The maximum Gasteiger partial charge on any atom is 0.0925 e. The number of hydrogen-bond acceptors (Lipinski definition) is 1. The van der Waals surface area contributed by atoms with Gasteiger partial charge in [0.1, 0.15) is 0 Å². The van der Waals surface area contributed by atoms with E-state index in [1.165, 1.54) is 12.8 Å². The quantitative estimate of drug-likeness (QED) is 0.497. The number of amidine groups is 1. The van der Waals surface area contributed by atoms with Crippen LogP contribution in [0.4, 0.5) is 0 Å². The summed E-state index contributed by atoms with van der Waals surface area (Å²) in [6.45, 7) is 8.66. The SMILES string of the molecule is CC(=N)N1CCC(CC(C)C)C1. The molecule has 2 heteroatoms. The Hall–Kier alpha value is -0.530. The molecular weight excluding hydrogens is 148 g/mol. The van der Waals surface area contributed by atoms with Gasteiger partial charge in [0.15, 0.2) is 0 Å². The summed E-state index contributed by atoms with van der Waals surface area (Å²) in [5, 5.41) is 7.49. The Balaban J connectivity index is 2.30. The molecule has 0 aromatic carbocycles. The second kappa shape index (κ2) is 3.92. The van der Waals surface area contributed by atoms with Crippen LogP contribution in [0.5, 0.6) is 0 Å². The minimum atomic E-state index is 0.737. The Morgan fingerprint density at radius 2 is 2.25 bits per heavy atom. The lowest BCUT2D eigenvalue weighted by Crippen LogP contribution is -2.25. The minimum absolute atomic E-state index is 0.737. The molecule has 0 spiro atoms. The maximum absolute atomic E-state index is 7.49. The van der Waals surface area contributed by atoms with Crippen LogP contribution in [-0.2, 0) is 0 Å². The third-order valence-electron chi connectivity index (χ3n) is 2.56. The van der Waals surface area contributed by atoms with Crippen LogP contribution in [0, 0.1) is 17.2 Å². The summed E-state index contributed by atoms with van der Waals surface area (Å²) < 4.78 is 0. The number of nitrogens with one attached hydrogen (secondary N) is 1. The molecule has 1 heterocycles. The molecule has 1 aliphatic heterocycles. The number of rotatable bonds is 2. The fraction of sp³-hybridized carbons (Fsp3) is 0.900. The zero-order chi connectivity index (χ0) is 9.14. The molecule has 1 aliphatic rings. The fourth-order valence-corrected chi connectivity index (χ4v) is 2.00. The molecule has 1 unspecified atom stereocenters. The lowest BCUT2D eigenvalue weighted by molar-refractivity contribution is 0.408.